The van der Waals surface area contributed by atoms with E-state index in [0.29, 0.717) is 16.9 Å². The van der Waals surface area contributed by atoms with E-state index in [9.17, 15) is 18.0 Å². The molecule has 1 N–H and O–H groups in total. The molecule has 2 rings (SSSR count). The number of carbonyl (C=O) groups excluding carboxylic acids is 2. The second kappa shape index (κ2) is 9.30. The molecule has 0 spiro atoms. The van der Waals surface area contributed by atoms with Crippen LogP contribution in [0.2, 0.25) is 0 Å². The summed E-state index contributed by atoms with van der Waals surface area (Å²) in [4.78, 5) is 24.9. The van der Waals surface area contributed by atoms with Crippen LogP contribution in [-0.4, -0.2) is 39.7 Å². The Labute approximate surface area is 178 Å². The van der Waals surface area contributed by atoms with Crippen LogP contribution >= 0.6 is 0 Å². The highest BCUT2D eigenvalue weighted by molar-refractivity contribution is 7.92. The smallest absolute Gasteiger partial charge is 0.337 e. The Hall–Kier alpha value is -2.87. The van der Waals surface area contributed by atoms with Crippen LogP contribution in [0.4, 0.5) is 11.4 Å². The van der Waals surface area contributed by atoms with E-state index in [1.54, 1.807) is 38.1 Å². The fraction of sp³-hybridized carbons (Fsp3) is 0.364. The first kappa shape index (κ1) is 23.4. The van der Waals surface area contributed by atoms with Gasteiger partial charge in [0.05, 0.1) is 24.6 Å². The van der Waals surface area contributed by atoms with Crippen LogP contribution in [-0.2, 0) is 19.6 Å². The third-order valence-corrected chi connectivity index (χ3v) is 6.17. The van der Waals surface area contributed by atoms with Crippen molar-refractivity contribution in [2.45, 2.75) is 40.2 Å². The lowest BCUT2D eigenvalue weighted by molar-refractivity contribution is -0.117. The highest BCUT2D eigenvalue weighted by Gasteiger charge is 2.32. The van der Waals surface area contributed by atoms with E-state index in [1.165, 1.54) is 13.2 Å². The number of anilines is 2. The molecule has 0 saturated carbocycles. The van der Waals surface area contributed by atoms with Crippen molar-refractivity contribution in [2.75, 3.05) is 23.0 Å². The van der Waals surface area contributed by atoms with Gasteiger partial charge in [-0.1, -0.05) is 19.1 Å². The lowest BCUT2D eigenvalue weighted by atomic mass is 10.1. The van der Waals surface area contributed by atoms with Gasteiger partial charge in [-0.3, -0.25) is 9.10 Å². The standard InChI is InChI=1S/C22H28N2O5S/c1-7-20(24(30(6,27)28)18-11-9-14(2)16(4)12-18)21(25)23-19-13-17(22(26)29-5)10-8-15(19)3/h8-13,20H,7H2,1-6H3,(H,23,25). The van der Waals surface area contributed by atoms with E-state index in [4.69, 9.17) is 4.74 Å². The molecule has 1 atom stereocenters. The van der Waals surface area contributed by atoms with Gasteiger partial charge in [0.1, 0.15) is 6.04 Å². The minimum absolute atomic E-state index is 0.265. The topological polar surface area (TPSA) is 92.8 Å². The van der Waals surface area contributed by atoms with E-state index in [0.717, 1.165) is 27.3 Å². The minimum Gasteiger partial charge on any atom is -0.465 e. The van der Waals surface area contributed by atoms with E-state index < -0.39 is 27.9 Å². The Bertz CT molecular complexity index is 1060. The van der Waals surface area contributed by atoms with Gasteiger partial charge in [-0.05, 0) is 68.1 Å². The maximum atomic E-state index is 13.1. The molecular weight excluding hydrogens is 404 g/mol. The number of amides is 1. The van der Waals surface area contributed by atoms with Gasteiger partial charge in [-0.15, -0.1) is 0 Å². The Morgan fingerprint density at radius 3 is 2.20 bits per heavy atom. The fourth-order valence-corrected chi connectivity index (χ4v) is 4.34. The Morgan fingerprint density at radius 1 is 1.03 bits per heavy atom. The van der Waals surface area contributed by atoms with Gasteiger partial charge >= 0.3 is 5.97 Å². The van der Waals surface area contributed by atoms with E-state index in [-0.39, 0.29) is 6.42 Å². The van der Waals surface area contributed by atoms with Crippen LogP contribution < -0.4 is 9.62 Å². The van der Waals surface area contributed by atoms with Crippen LogP contribution in [0.5, 0.6) is 0 Å². The molecule has 0 bridgehead atoms. The molecular formula is C22H28N2O5S. The van der Waals surface area contributed by atoms with Crippen molar-refractivity contribution >= 4 is 33.3 Å². The van der Waals surface area contributed by atoms with Crippen molar-refractivity contribution in [1.82, 2.24) is 0 Å². The second-order valence-electron chi connectivity index (χ2n) is 7.26. The van der Waals surface area contributed by atoms with Crippen LogP contribution in [0.25, 0.3) is 0 Å². The lowest BCUT2D eigenvalue weighted by Crippen LogP contribution is -2.47. The van der Waals surface area contributed by atoms with Crippen LogP contribution in [0, 0.1) is 20.8 Å². The summed E-state index contributed by atoms with van der Waals surface area (Å²) < 4.78 is 31.1. The van der Waals surface area contributed by atoms with Crippen molar-refractivity contribution < 1.29 is 22.7 Å². The third kappa shape index (κ3) is 5.18. The number of nitrogens with zero attached hydrogens (tertiary/aromatic N) is 1. The summed E-state index contributed by atoms with van der Waals surface area (Å²) in [6, 6.07) is 9.15. The zero-order valence-electron chi connectivity index (χ0n) is 18.1. The lowest BCUT2D eigenvalue weighted by Gasteiger charge is -2.30. The second-order valence-corrected chi connectivity index (χ2v) is 9.12. The Kier molecular flexibility index (Phi) is 7.25. The molecule has 7 nitrogen and oxygen atoms in total. The van der Waals surface area contributed by atoms with Crippen molar-refractivity contribution in [3.05, 3.63) is 58.7 Å². The zero-order valence-corrected chi connectivity index (χ0v) is 19.0. The van der Waals surface area contributed by atoms with E-state index in [2.05, 4.69) is 5.32 Å². The number of esters is 1. The van der Waals surface area contributed by atoms with Crippen molar-refractivity contribution in [3.63, 3.8) is 0 Å². The summed E-state index contributed by atoms with van der Waals surface area (Å²) in [5.74, 6) is -1.00. The average molecular weight is 433 g/mol. The van der Waals surface area contributed by atoms with Crippen LogP contribution in [0.3, 0.4) is 0 Å². The third-order valence-electron chi connectivity index (χ3n) is 4.99. The molecule has 0 aliphatic heterocycles. The number of methoxy groups -OCH3 is 1. The van der Waals surface area contributed by atoms with Gasteiger partial charge in [0.2, 0.25) is 15.9 Å². The molecule has 0 radical (unpaired) electrons. The number of hydrogen-bond acceptors (Lipinski definition) is 5. The first-order valence-electron chi connectivity index (χ1n) is 9.56. The summed E-state index contributed by atoms with van der Waals surface area (Å²) in [5, 5.41) is 2.78. The predicted molar refractivity (Wildman–Crippen MR) is 118 cm³/mol. The zero-order chi connectivity index (χ0) is 22.6. The highest BCUT2D eigenvalue weighted by Crippen LogP contribution is 2.26. The molecule has 8 heteroatoms. The molecule has 30 heavy (non-hydrogen) atoms. The Balaban J connectivity index is 2.44. The van der Waals surface area contributed by atoms with Gasteiger partial charge in [0, 0.05) is 5.69 Å². The normalized spacial score (nSPS) is 12.2. The van der Waals surface area contributed by atoms with Gasteiger partial charge in [-0.2, -0.15) is 0 Å². The van der Waals surface area contributed by atoms with Gasteiger partial charge in [0.15, 0.2) is 0 Å². The monoisotopic (exact) mass is 432 g/mol. The molecule has 2 aromatic carbocycles. The number of ether oxygens (including phenoxy) is 1. The largest absolute Gasteiger partial charge is 0.465 e. The van der Waals surface area contributed by atoms with Crippen LogP contribution in [0.15, 0.2) is 36.4 Å². The van der Waals surface area contributed by atoms with Crippen LogP contribution in [0.1, 0.15) is 40.4 Å². The molecule has 162 valence electrons. The molecule has 0 saturated heterocycles. The fourth-order valence-electron chi connectivity index (χ4n) is 3.14. The van der Waals surface area contributed by atoms with Crippen molar-refractivity contribution in [2.24, 2.45) is 0 Å². The van der Waals surface area contributed by atoms with Crippen molar-refractivity contribution in [1.29, 1.82) is 0 Å². The van der Waals surface area contributed by atoms with E-state index in [1.807, 2.05) is 19.9 Å². The highest BCUT2D eigenvalue weighted by atomic mass is 32.2. The number of benzene rings is 2. The quantitative estimate of drug-likeness (QED) is 0.675. The summed E-state index contributed by atoms with van der Waals surface area (Å²) in [6.07, 6.45) is 1.35. The molecule has 0 fully saturated rings. The molecule has 0 aliphatic carbocycles. The minimum atomic E-state index is -3.73. The van der Waals surface area contributed by atoms with Gasteiger partial charge < -0.3 is 10.1 Å². The first-order chi connectivity index (χ1) is 14.0. The van der Waals surface area contributed by atoms with Crippen molar-refractivity contribution in [3.8, 4) is 0 Å². The number of hydrogen-bond donors (Lipinski definition) is 1. The summed E-state index contributed by atoms with van der Waals surface area (Å²) in [6.45, 7) is 7.36. The maximum absolute atomic E-state index is 13.1. The molecule has 0 aromatic heterocycles. The van der Waals surface area contributed by atoms with Gasteiger partial charge in [-0.25, -0.2) is 13.2 Å². The summed E-state index contributed by atoms with van der Waals surface area (Å²) >= 11 is 0. The molecule has 1 unspecified atom stereocenters. The number of aryl methyl sites for hydroxylation is 3. The summed E-state index contributed by atoms with van der Waals surface area (Å²) in [7, 11) is -2.45. The number of nitrogens with one attached hydrogen (secondary N) is 1. The molecule has 2 aromatic rings. The molecule has 0 aliphatic rings. The molecule has 0 heterocycles. The number of carbonyl (C=O) groups is 2. The molecule has 1 amide bonds. The Morgan fingerprint density at radius 2 is 1.67 bits per heavy atom. The summed E-state index contributed by atoms with van der Waals surface area (Å²) in [5.41, 5.74) is 3.85. The van der Waals surface area contributed by atoms with E-state index >= 15 is 0 Å². The number of sulfonamides is 1. The van der Waals surface area contributed by atoms with Gasteiger partial charge in [0.25, 0.3) is 0 Å². The SMILES string of the molecule is CCC(C(=O)Nc1cc(C(=O)OC)ccc1C)N(c1ccc(C)c(C)c1)S(C)(=O)=O. The maximum Gasteiger partial charge on any atom is 0.337 e. The predicted octanol–water partition coefficient (Wildman–Crippen LogP) is 3.58. The number of rotatable bonds is 7. The first-order valence-corrected chi connectivity index (χ1v) is 11.4. The average Bonchev–Trinajstić information content (AvgIpc) is 2.68.